The van der Waals surface area contributed by atoms with E-state index in [0.29, 0.717) is 37.6 Å². The third kappa shape index (κ3) is 4.54. The zero-order valence-electron chi connectivity index (χ0n) is 15.2. The number of hydrogen-bond donors (Lipinski definition) is 2. The molecule has 0 saturated carbocycles. The van der Waals surface area contributed by atoms with Crippen molar-refractivity contribution in [3.05, 3.63) is 85.5 Å². The largest absolute Gasteiger partial charge is 0.303 e. The van der Waals surface area contributed by atoms with Gasteiger partial charge in [0.1, 0.15) is 5.69 Å². The fourth-order valence-corrected chi connectivity index (χ4v) is 3.69. The van der Waals surface area contributed by atoms with Gasteiger partial charge in [-0.3, -0.25) is 14.6 Å². The summed E-state index contributed by atoms with van der Waals surface area (Å²) < 4.78 is 2.33. The molecular weight excluding hydrogens is 513 g/mol. The summed E-state index contributed by atoms with van der Waals surface area (Å²) in [6, 6.07) is 14.3. The number of benzene rings is 2. The van der Waals surface area contributed by atoms with E-state index in [4.69, 9.17) is 34.8 Å². The number of aromatic nitrogens is 4. The molecule has 0 saturated heterocycles. The monoisotopic (exact) mass is 523 g/mol. The first-order valence-corrected chi connectivity index (χ1v) is 10.6. The highest BCUT2D eigenvalue weighted by Crippen LogP contribution is 2.28. The highest BCUT2D eigenvalue weighted by atomic mass is 79.9. The standard InChI is InChI=1S/C20H13BrCl3N5O/c21-13-10-29(9-12-3-1-2-4-14(12)22)28-19(13)25-20(30)18-8-17(26-27-18)11-5-6-15(23)16(24)7-11/h1-8,10H,9H2,(H,26,27)(H,25,28,30). The van der Waals surface area contributed by atoms with Crippen LogP contribution in [0.5, 0.6) is 0 Å². The molecule has 0 unspecified atom stereocenters. The summed E-state index contributed by atoms with van der Waals surface area (Å²) in [7, 11) is 0. The number of nitrogens with zero attached hydrogens (tertiary/aromatic N) is 3. The minimum Gasteiger partial charge on any atom is -0.303 e. The Hall–Kier alpha value is -2.32. The maximum absolute atomic E-state index is 12.6. The fraction of sp³-hybridized carbons (Fsp3) is 0.0500. The lowest BCUT2D eigenvalue weighted by atomic mass is 10.1. The molecule has 2 N–H and O–H groups in total. The smallest absolute Gasteiger partial charge is 0.274 e. The zero-order chi connectivity index (χ0) is 21.3. The van der Waals surface area contributed by atoms with Crippen molar-refractivity contribution in [2.45, 2.75) is 6.54 Å². The number of carbonyl (C=O) groups is 1. The predicted molar refractivity (Wildman–Crippen MR) is 122 cm³/mol. The Morgan fingerprint density at radius 3 is 2.63 bits per heavy atom. The third-order valence-corrected chi connectivity index (χ3v) is 5.97. The van der Waals surface area contributed by atoms with Crippen LogP contribution >= 0.6 is 50.7 Å². The summed E-state index contributed by atoms with van der Waals surface area (Å²) in [5.74, 6) is 0.00949. The van der Waals surface area contributed by atoms with Crippen molar-refractivity contribution in [3.63, 3.8) is 0 Å². The highest BCUT2D eigenvalue weighted by Gasteiger charge is 2.16. The van der Waals surface area contributed by atoms with Crippen LogP contribution in [0.4, 0.5) is 5.82 Å². The van der Waals surface area contributed by atoms with E-state index >= 15 is 0 Å². The molecule has 2 heterocycles. The third-order valence-electron chi connectivity index (χ3n) is 4.28. The quantitative estimate of drug-likeness (QED) is 0.321. The predicted octanol–water partition coefficient (Wildman–Crippen LogP) is 6.30. The number of amides is 1. The van der Waals surface area contributed by atoms with Crippen LogP contribution in [-0.4, -0.2) is 25.9 Å². The second-order valence-corrected chi connectivity index (χ2v) is 8.44. The summed E-state index contributed by atoms with van der Waals surface area (Å²) in [5.41, 5.74) is 2.52. The van der Waals surface area contributed by atoms with Crippen LogP contribution in [0.15, 0.2) is 59.2 Å². The lowest BCUT2D eigenvalue weighted by molar-refractivity contribution is 0.102. The molecule has 152 valence electrons. The van der Waals surface area contributed by atoms with Gasteiger partial charge in [0.15, 0.2) is 5.82 Å². The van der Waals surface area contributed by atoms with Crippen LogP contribution in [0.25, 0.3) is 11.3 Å². The van der Waals surface area contributed by atoms with Crippen molar-refractivity contribution in [2.75, 3.05) is 5.32 Å². The molecule has 0 aliphatic heterocycles. The van der Waals surface area contributed by atoms with Gasteiger partial charge in [-0.25, -0.2) is 0 Å². The second-order valence-electron chi connectivity index (χ2n) is 6.36. The van der Waals surface area contributed by atoms with Crippen LogP contribution in [0, 0.1) is 0 Å². The van der Waals surface area contributed by atoms with Crippen molar-refractivity contribution >= 4 is 62.5 Å². The molecule has 6 nitrogen and oxygen atoms in total. The van der Waals surface area contributed by atoms with E-state index in [1.54, 1.807) is 35.1 Å². The molecule has 10 heteroatoms. The number of H-pyrrole nitrogens is 1. The van der Waals surface area contributed by atoms with Gasteiger partial charge in [-0.15, -0.1) is 0 Å². The Bertz CT molecular complexity index is 1240. The molecule has 2 aromatic heterocycles. The molecule has 4 rings (SSSR count). The molecular formula is C20H13BrCl3N5O. The average Bonchev–Trinajstić information content (AvgIpc) is 3.33. The molecule has 0 aliphatic carbocycles. The Balaban J connectivity index is 1.49. The first kappa shape index (κ1) is 20.9. The first-order valence-electron chi connectivity index (χ1n) is 8.69. The lowest BCUT2D eigenvalue weighted by Gasteiger charge is -2.04. The summed E-state index contributed by atoms with van der Waals surface area (Å²) in [6.07, 6.45) is 1.77. The maximum atomic E-state index is 12.6. The van der Waals surface area contributed by atoms with Crippen molar-refractivity contribution in [2.24, 2.45) is 0 Å². The SMILES string of the molecule is O=C(Nc1nn(Cc2ccccc2Cl)cc1Br)c1cc(-c2ccc(Cl)c(Cl)c2)n[nH]1. The summed E-state index contributed by atoms with van der Waals surface area (Å²) >= 11 is 21.6. The minimum atomic E-state index is -0.377. The molecule has 0 radical (unpaired) electrons. The topological polar surface area (TPSA) is 75.6 Å². The van der Waals surface area contributed by atoms with Crippen molar-refractivity contribution < 1.29 is 4.79 Å². The molecule has 0 atom stereocenters. The molecule has 0 fully saturated rings. The molecule has 2 aromatic carbocycles. The summed E-state index contributed by atoms with van der Waals surface area (Å²) in [4.78, 5) is 12.6. The second kappa shape index (κ2) is 8.81. The van der Waals surface area contributed by atoms with Gasteiger partial charge in [0.05, 0.1) is 26.8 Å². The van der Waals surface area contributed by atoms with Gasteiger partial charge < -0.3 is 5.32 Å². The van der Waals surface area contributed by atoms with E-state index in [0.717, 1.165) is 11.1 Å². The van der Waals surface area contributed by atoms with Crippen molar-refractivity contribution in [1.29, 1.82) is 0 Å². The number of halogens is 4. The van der Waals surface area contributed by atoms with Crippen LogP contribution in [0.3, 0.4) is 0 Å². The molecule has 4 aromatic rings. The zero-order valence-corrected chi connectivity index (χ0v) is 19.0. The van der Waals surface area contributed by atoms with Crippen LogP contribution < -0.4 is 5.32 Å². The van der Waals surface area contributed by atoms with E-state index in [2.05, 4.69) is 36.5 Å². The maximum Gasteiger partial charge on any atom is 0.274 e. The van der Waals surface area contributed by atoms with E-state index in [9.17, 15) is 4.79 Å². The van der Waals surface area contributed by atoms with Gasteiger partial charge in [0.2, 0.25) is 0 Å². The Morgan fingerprint density at radius 1 is 1.07 bits per heavy atom. The van der Waals surface area contributed by atoms with Crippen LogP contribution in [0.2, 0.25) is 15.1 Å². The van der Waals surface area contributed by atoms with E-state index < -0.39 is 0 Å². The Labute approximate surface area is 195 Å². The van der Waals surface area contributed by atoms with E-state index in [-0.39, 0.29) is 11.6 Å². The number of aromatic amines is 1. The summed E-state index contributed by atoms with van der Waals surface area (Å²) in [6.45, 7) is 0.472. The van der Waals surface area contributed by atoms with E-state index in [1.807, 2.05) is 24.3 Å². The summed E-state index contributed by atoms with van der Waals surface area (Å²) in [5, 5.41) is 15.6. The molecule has 0 aliphatic rings. The number of hydrogen-bond acceptors (Lipinski definition) is 3. The number of anilines is 1. The van der Waals surface area contributed by atoms with Gasteiger partial charge in [-0.2, -0.15) is 10.2 Å². The molecule has 30 heavy (non-hydrogen) atoms. The van der Waals surface area contributed by atoms with Gasteiger partial charge in [0.25, 0.3) is 5.91 Å². The van der Waals surface area contributed by atoms with Gasteiger partial charge in [0, 0.05) is 16.8 Å². The van der Waals surface area contributed by atoms with Gasteiger partial charge >= 0.3 is 0 Å². The molecule has 0 spiro atoms. The molecule has 1 amide bonds. The Morgan fingerprint density at radius 2 is 1.87 bits per heavy atom. The number of rotatable bonds is 5. The Kier molecular flexibility index (Phi) is 6.15. The first-order chi connectivity index (χ1) is 14.4. The highest BCUT2D eigenvalue weighted by molar-refractivity contribution is 9.10. The van der Waals surface area contributed by atoms with E-state index in [1.165, 1.54) is 0 Å². The van der Waals surface area contributed by atoms with Crippen molar-refractivity contribution in [1.82, 2.24) is 20.0 Å². The number of nitrogens with one attached hydrogen (secondary N) is 2. The minimum absolute atomic E-state index is 0.281. The normalized spacial score (nSPS) is 10.9. The van der Waals surface area contributed by atoms with Gasteiger partial charge in [-0.1, -0.05) is 59.1 Å². The fourth-order valence-electron chi connectivity index (χ4n) is 2.78. The van der Waals surface area contributed by atoms with Gasteiger partial charge in [-0.05, 0) is 45.8 Å². The van der Waals surface area contributed by atoms with Crippen LogP contribution in [0.1, 0.15) is 16.1 Å². The van der Waals surface area contributed by atoms with Crippen LogP contribution in [-0.2, 0) is 6.54 Å². The van der Waals surface area contributed by atoms with Crippen molar-refractivity contribution in [3.8, 4) is 11.3 Å². The average molecular weight is 526 g/mol. The number of carbonyl (C=O) groups excluding carboxylic acids is 1. The molecule has 0 bridgehead atoms. The lowest BCUT2D eigenvalue weighted by Crippen LogP contribution is -2.13.